The lowest BCUT2D eigenvalue weighted by Gasteiger charge is -2.21. The first kappa shape index (κ1) is 16.2. The first-order chi connectivity index (χ1) is 9.15. The minimum atomic E-state index is 0.259. The zero-order chi connectivity index (χ0) is 14.1. The molecule has 0 bridgehead atoms. The number of hydrogen-bond acceptors (Lipinski definition) is 3. The summed E-state index contributed by atoms with van der Waals surface area (Å²) in [5, 5.41) is 6.73. The monoisotopic (exact) mass is 271 g/mol. The van der Waals surface area contributed by atoms with Crippen LogP contribution in [0.2, 0.25) is 0 Å². The van der Waals surface area contributed by atoms with Crippen molar-refractivity contribution in [2.45, 2.75) is 39.2 Å². The van der Waals surface area contributed by atoms with Crippen LogP contribution in [0.15, 0.2) is 4.99 Å². The van der Waals surface area contributed by atoms with Crippen molar-refractivity contribution in [3.8, 4) is 0 Å². The molecule has 112 valence electrons. The second-order valence-corrected chi connectivity index (χ2v) is 5.37. The first-order valence-electron chi connectivity index (χ1n) is 7.19. The number of ether oxygens (including phenoxy) is 2. The zero-order valence-corrected chi connectivity index (χ0v) is 12.8. The molecule has 1 atom stereocenters. The number of aliphatic imine (C=N–C) groups is 1. The highest BCUT2D eigenvalue weighted by atomic mass is 16.5. The zero-order valence-electron chi connectivity index (χ0n) is 12.8. The van der Waals surface area contributed by atoms with Crippen LogP contribution in [0.5, 0.6) is 0 Å². The van der Waals surface area contributed by atoms with Crippen molar-refractivity contribution in [1.29, 1.82) is 0 Å². The maximum absolute atomic E-state index is 5.45. The Morgan fingerprint density at radius 1 is 1.42 bits per heavy atom. The molecule has 0 aromatic rings. The summed E-state index contributed by atoms with van der Waals surface area (Å²) in [5.41, 5.74) is 0.428. The number of guanidine groups is 1. The number of rotatable bonds is 9. The van der Waals surface area contributed by atoms with Crippen molar-refractivity contribution in [1.82, 2.24) is 10.6 Å². The van der Waals surface area contributed by atoms with E-state index < -0.39 is 0 Å². The predicted octanol–water partition coefficient (Wildman–Crippen LogP) is 1.39. The summed E-state index contributed by atoms with van der Waals surface area (Å²) in [6.45, 7) is 7.44. The molecule has 0 aromatic carbocycles. The minimum absolute atomic E-state index is 0.259. The molecule has 5 heteroatoms. The van der Waals surface area contributed by atoms with Gasteiger partial charge in [0.25, 0.3) is 0 Å². The van der Waals surface area contributed by atoms with Gasteiger partial charge >= 0.3 is 0 Å². The maximum atomic E-state index is 5.45. The van der Waals surface area contributed by atoms with Crippen molar-refractivity contribution >= 4 is 5.96 Å². The van der Waals surface area contributed by atoms with E-state index in [1.165, 1.54) is 12.8 Å². The van der Waals surface area contributed by atoms with Crippen LogP contribution in [-0.2, 0) is 9.47 Å². The van der Waals surface area contributed by atoms with Gasteiger partial charge in [-0.3, -0.25) is 4.99 Å². The molecular weight excluding hydrogens is 242 g/mol. The Labute approximate surface area is 117 Å². The molecule has 0 amide bonds. The molecule has 1 fully saturated rings. The van der Waals surface area contributed by atoms with Gasteiger partial charge in [0.2, 0.25) is 0 Å². The fraction of sp³-hybridized carbons (Fsp3) is 0.929. The average molecular weight is 271 g/mol. The largest absolute Gasteiger partial charge is 0.383 e. The summed E-state index contributed by atoms with van der Waals surface area (Å²) in [4.78, 5) is 4.25. The van der Waals surface area contributed by atoms with E-state index in [4.69, 9.17) is 9.47 Å². The van der Waals surface area contributed by atoms with Crippen LogP contribution in [-0.4, -0.2) is 52.5 Å². The molecule has 2 N–H and O–H groups in total. The summed E-state index contributed by atoms with van der Waals surface area (Å²) in [7, 11) is 3.51. The van der Waals surface area contributed by atoms with Crippen molar-refractivity contribution in [3.05, 3.63) is 0 Å². The molecule has 1 aliphatic rings. The van der Waals surface area contributed by atoms with E-state index in [1.54, 1.807) is 14.2 Å². The van der Waals surface area contributed by atoms with Gasteiger partial charge in [-0.2, -0.15) is 0 Å². The Morgan fingerprint density at radius 3 is 2.68 bits per heavy atom. The van der Waals surface area contributed by atoms with Crippen LogP contribution >= 0.6 is 0 Å². The van der Waals surface area contributed by atoms with Crippen LogP contribution in [0.1, 0.15) is 33.1 Å². The average Bonchev–Trinajstić information content (AvgIpc) is 3.16. The summed E-state index contributed by atoms with van der Waals surface area (Å²) >= 11 is 0. The Balaban J connectivity index is 2.25. The van der Waals surface area contributed by atoms with Gasteiger partial charge in [-0.15, -0.1) is 0 Å². The van der Waals surface area contributed by atoms with E-state index in [-0.39, 0.29) is 6.04 Å². The van der Waals surface area contributed by atoms with Gasteiger partial charge in [0, 0.05) is 40.0 Å². The molecule has 19 heavy (non-hydrogen) atoms. The van der Waals surface area contributed by atoms with Gasteiger partial charge in [0.05, 0.1) is 6.61 Å². The summed E-state index contributed by atoms with van der Waals surface area (Å²) in [5.74, 6) is 0.854. The van der Waals surface area contributed by atoms with Crippen molar-refractivity contribution in [3.63, 3.8) is 0 Å². The Hall–Kier alpha value is -0.810. The van der Waals surface area contributed by atoms with Gasteiger partial charge in [0.15, 0.2) is 5.96 Å². The van der Waals surface area contributed by atoms with Crippen LogP contribution in [0, 0.1) is 5.41 Å². The smallest absolute Gasteiger partial charge is 0.191 e. The Morgan fingerprint density at radius 2 is 2.16 bits per heavy atom. The molecule has 0 aliphatic heterocycles. The third kappa shape index (κ3) is 6.25. The number of methoxy groups -OCH3 is 1. The maximum Gasteiger partial charge on any atom is 0.191 e. The number of hydrogen-bond donors (Lipinski definition) is 2. The quantitative estimate of drug-likeness (QED) is 0.378. The lowest BCUT2D eigenvalue weighted by Crippen LogP contribution is -2.45. The fourth-order valence-electron chi connectivity index (χ4n) is 2.12. The second kappa shape index (κ2) is 8.38. The summed E-state index contributed by atoms with van der Waals surface area (Å²) < 4.78 is 10.6. The fourth-order valence-corrected chi connectivity index (χ4v) is 2.12. The molecule has 1 unspecified atom stereocenters. The SMILES string of the molecule is CCOCCC1(CNC(=NC)NC(C)COC)CC1. The van der Waals surface area contributed by atoms with E-state index in [2.05, 4.69) is 22.5 Å². The van der Waals surface area contributed by atoms with Gasteiger partial charge in [-0.25, -0.2) is 0 Å². The predicted molar refractivity (Wildman–Crippen MR) is 78.6 cm³/mol. The van der Waals surface area contributed by atoms with E-state index in [1.807, 2.05) is 6.92 Å². The van der Waals surface area contributed by atoms with E-state index in [0.717, 1.165) is 32.1 Å². The molecule has 0 aromatic heterocycles. The van der Waals surface area contributed by atoms with Crippen molar-refractivity contribution < 1.29 is 9.47 Å². The van der Waals surface area contributed by atoms with Crippen LogP contribution < -0.4 is 10.6 Å². The highest BCUT2D eigenvalue weighted by Gasteiger charge is 2.41. The van der Waals surface area contributed by atoms with Gasteiger partial charge in [0.1, 0.15) is 0 Å². The molecule has 5 nitrogen and oxygen atoms in total. The topological polar surface area (TPSA) is 54.9 Å². The highest BCUT2D eigenvalue weighted by Crippen LogP contribution is 2.48. The molecular formula is C14H29N3O2. The van der Waals surface area contributed by atoms with Crippen molar-refractivity contribution in [2.24, 2.45) is 10.4 Å². The Kier molecular flexibility index (Phi) is 7.16. The summed E-state index contributed by atoms with van der Waals surface area (Å²) in [6, 6.07) is 0.259. The molecule has 1 saturated carbocycles. The number of nitrogens with zero attached hydrogens (tertiary/aromatic N) is 1. The number of nitrogens with one attached hydrogen (secondary N) is 2. The van der Waals surface area contributed by atoms with E-state index in [9.17, 15) is 0 Å². The molecule has 1 aliphatic carbocycles. The normalized spacial score (nSPS) is 19.1. The van der Waals surface area contributed by atoms with E-state index >= 15 is 0 Å². The standard InChI is InChI=1S/C14H29N3O2/c1-5-19-9-8-14(6-7-14)11-16-13(15-3)17-12(2)10-18-4/h12H,5-11H2,1-4H3,(H2,15,16,17). The molecule has 1 rings (SSSR count). The first-order valence-corrected chi connectivity index (χ1v) is 7.19. The van der Waals surface area contributed by atoms with Crippen molar-refractivity contribution in [2.75, 3.05) is 40.5 Å². The third-order valence-electron chi connectivity index (χ3n) is 3.59. The lowest BCUT2D eigenvalue weighted by molar-refractivity contribution is 0.128. The minimum Gasteiger partial charge on any atom is -0.383 e. The summed E-state index contributed by atoms with van der Waals surface area (Å²) in [6.07, 6.45) is 3.72. The Bertz CT molecular complexity index is 278. The highest BCUT2D eigenvalue weighted by molar-refractivity contribution is 5.80. The van der Waals surface area contributed by atoms with Crippen LogP contribution in [0.25, 0.3) is 0 Å². The lowest BCUT2D eigenvalue weighted by atomic mass is 10.0. The van der Waals surface area contributed by atoms with Gasteiger partial charge < -0.3 is 20.1 Å². The molecule has 0 heterocycles. The molecule has 0 saturated heterocycles. The molecule has 0 radical (unpaired) electrons. The van der Waals surface area contributed by atoms with Crippen LogP contribution in [0.4, 0.5) is 0 Å². The molecule has 0 spiro atoms. The third-order valence-corrected chi connectivity index (χ3v) is 3.59. The van der Waals surface area contributed by atoms with Gasteiger partial charge in [-0.05, 0) is 38.5 Å². The second-order valence-electron chi connectivity index (χ2n) is 5.37. The van der Waals surface area contributed by atoms with Crippen LogP contribution in [0.3, 0.4) is 0 Å². The van der Waals surface area contributed by atoms with Gasteiger partial charge in [-0.1, -0.05) is 0 Å². The van der Waals surface area contributed by atoms with E-state index in [0.29, 0.717) is 12.0 Å².